The summed E-state index contributed by atoms with van der Waals surface area (Å²) in [6.45, 7) is 0. The Bertz CT molecular complexity index is 1140. The van der Waals surface area contributed by atoms with Crippen molar-refractivity contribution in [1.82, 2.24) is 14.8 Å². The molecule has 13 heteroatoms. The van der Waals surface area contributed by atoms with Crippen molar-refractivity contribution < 1.29 is 36.7 Å². The molecule has 2 N–H and O–H groups in total. The molecule has 2 amide bonds. The Balaban J connectivity index is 1.31. The highest BCUT2D eigenvalue weighted by atomic mass is 19.4. The number of piperidine rings is 2. The van der Waals surface area contributed by atoms with Crippen molar-refractivity contribution in [3.63, 3.8) is 0 Å². The van der Waals surface area contributed by atoms with Crippen LogP contribution in [0.2, 0.25) is 0 Å². The first-order valence-corrected chi connectivity index (χ1v) is 11.7. The summed E-state index contributed by atoms with van der Waals surface area (Å²) in [4.78, 5) is 44.1. The number of pyridine rings is 1. The number of aromatic nitrogens is 1. The molecule has 5 rings (SSSR count). The Morgan fingerprint density at radius 2 is 1.89 bits per heavy atom. The number of rotatable bonds is 4. The van der Waals surface area contributed by atoms with E-state index < -0.39 is 53.6 Å². The van der Waals surface area contributed by atoms with E-state index in [0.29, 0.717) is 25.7 Å². The lowest BCUT2D eigenvalue weighted by Crippen LogP contribution is -2.58. The van der Waals surface area contributed by atoms with E-state index in [9.17, 15) is 37.2 Å². The minimum absolute atomic E-state index is 0.0200. The molecule has 0 radical (unpaired) electrons. The molecule has 9 nitrogen and oxygen atoms in total. The number of nitriles is 1. The van der Waals surface area contributed by atoms with Gasteiger partial charge in [0.2, 0.25) is 11.9 Å². The molecule has 0 aromatic carbocycles. The zero-order chi connectivity index (χ0) is 26.0. The predicted octanol–water partition coefficient (Wildman–Crippen LogP) is 1.88. The van der Waals surface area contributed by atoms with Crippen LogP contribution in [-0.2, 0) is 14.3 Å². The molecule has 6 atom stereocenters. The van der Waals surface area contributed by atoms with Crippen LogP contribution >= 0.6 is 0 Å². The Morgan fingerprint density at radius 1 is 1.22 bits per heavy atom. The number of alkyl halides is 3. The predicted molar refractivity (Wildman–Crippen MR) is 112 cm³/mol. The Morgan fingerprint density at radius 3 is 2.47 bits per heavy atom. The maximum Gasteiger partial charge on any atom is 0.491 e. The molecule has 4 aliphatic rings. The van der Waals surface area contributed by atoms with Gasteiger partial charge in [0.15, 0.2) is 5.72 Å². The third-order valence-electron chi connectivity index (χ3n) is 7.90. The smallest absolute Gasteiger partial charge is 0.432 e. The number of hydrogen-bond donors (Lipinski definition) is 1. The van der Waals surface area contributed by atoms with Crippen molar-refractivity contribution in [2.75, 3.05) is 0 Å². The minimum atomic E-state index is -5.24. The van der Waals surface area contributed by atoms with Crippen LogP contribution in [0.4, 0.5) is 17.6 Å². The zero-order valence-electron chi connectivity index (χ0n) is 18.9. The number of fused-ring (bicyclic) bond motifs is 3. The average molecular weight is 509 g/mol. The van der Waals surface area contributed by atoms with Crippen molar-refractivity contribution in [3.05, 3.63) is 29.8 Å². The van der Waals surface area contributed by atoms with Gasteiger partial charge in [-0.2, -0.15) is 22.8 Å². The zero-order valence-corrected chi connectivity index (χ0v) is 18.9. The lowest BCUT2D eigenvalue weighted by Gasteiger charge is -2.42. The molecule has 1 aliphatic carbocycles. The van der Waals surface area contributed by atoms with Gasteiger partial charge in [0.25, 0.3) is 5.91 Å². The molecule has 1 aromatic heterocycles. The fraction of sp³-hybridized carbons (Fsp3) is 0.609. The van der Waals surface area contributed by atoms with Gasteiger partial charge < -0.3 is 15.4 Å². The van der Waals surface area contributed by atoms with Gasteiger partial charge in [-0.25, -0.2) is 9.78 Å². The van der Waals surface area contributed by atoms with Crippen molar-refractivity contribution in [2.45, 2.75) is 74.6 Å². The summed E-state index contributed by atoms with van der Waals surface area (Å²) in [5.41, 5.74) is 4.69. The van der Waals surface area contributed by atoms with Crippen LogP contribution < -0.4 is 5.73 Å². The van der Waals surface area contributed by atoms with E-state index in [0.717, 1.165) is 11.0 Å². The number of likely N-dealkylation sites (tertiary alicyclic amines) is 1. The second-order valence-electron chi connectivity index (χ2n) is 9.94. The summed E-state index contributed by atoms with van der Waals surface area (Å²) in [7, 11) is 0. The van der Waals surface area contributed by atoms with E-state index in [1.165, 1.54) is 12.3 Å². The maximum atomic E-state index is 13.5. The van der Waals surface area contributed by atoms with Gasteiger partial charge in [0, 0.05) is 42.2 Å². The van der Waals surface area contributed by atoms with Gasteiger partial charge in [-0.1, -0.05) is 0 Å². The van der Waals surface area contributed by atoms with Crippen molar-refractivity contribution in [1.29, 1.82) is 5.26 Å². The summed E-state index contributed by atoms with van der Waals surface area (Å²) in [6, 6.07) is 1.71. The van der Waals surface area contributed by atoms with Crippen LogP contribution in [0.5, 0.6) is 0 Å². The molecule has 1 saturated carbocycles. The molecule has 3 saturated heterocycles. The molecule has 0 spiro atoms. The molecule has 192 valence electrons. The van der Waals surface area contributed by atoms with E-state index >= 15 is 0 Å². The number of amides is 2. The second-order valence-corrected chi connectivity index (χ2v) is 9.94. The van der Waals surface area contributed by atoms with E-state index in [1.807, 2.05) is 6.07 Å². The molecule has 1 aromatic rings. The Labute approximate surface area is 203 Å². The van der Waals surface area contributed by atoms with Crippen LogP contribution in [-0.4, -0.2) is 68.6 Å². The van der Waals surface area contributed by atoms with Crippen molar-refractivity contribution >= 4 is 17.8 Å². The molecule has 4 fully saturated rings. The molecule has 4 heterocycles. The van der Waals surface area contributed by atoms with Crippen molar-refractivity contribution in [2.24, 2.45) is 17.6 Å². The lowest BCUT2D eigenvalue weighted by molar-refractivity contribution is -0.217. The van der Waals surface area contributed by atoms with E-state index in [2.05, 4.69) is 4.98 Å². The highest BCUT2D eigenvalue weighted by Gasteiger charge is 2.72. The van der Waals surface area contributed by atoms with Gasteiger partial charge in [-0.05, 0) is 44.1 Å². The van der Waals surface area contributed by atoms with E-state index in [-0.39, 0.29) is 36.4 Å². The summed E-state index contributed by atoms with van der Waals surface area (Å²) < 4.78 is 56.9. The maximum absolute atomic E-state index is 13.5. The lowest BCUT2D eigenvalue weighted by atomic mass is 9.84. The standard InChI is InChI=1S/C23H23F4N5O4/c24-17-7-11(3-4-30-17)19(33)31-14-1-2-15(31)6-12(5-14)18(29)20(34)32-16(10-28)8-13-9-22(13,32)36-21(35)23(25,26)27/h3-4,7,12-16,18H,1-2,5-6,8-9,29H2/t12?,13-,14?,15?,16+,18+,22+/m1/s1. The highest BCUT2D eigenvalue weighted by molar-refractivity contribution is 5.95. The van der Waals surface area contributed by atoms with E-state index in [4.69, 9.17) is 10.5 Å². The topological polar surface area (TPSA) is 130 Å². The monoisotopic (exact) mass is 509 g/mol. The first-order chi connectivity index (χ1) is 17.0. The van der Waals surface area contributed by atoms with Gasteiger partial charge >= 0.3 is 12.1 Å². The highest BCUT2D eigenvalue weighted by Crippen LogP contribution is 2.59. The van der Waals surface area contributed by atoms with Crippen LogP contribution in [0.15, 0.2) is 18.3 Å². The Hall–Kier alpha value is -3.27. The number of carbonyl (C=O) groups excluding carboxylic acids is 3. The summed E-state index contributed by atoms with van der Waals surface area (Å²) in [5, 5.41) is 9.52. The molecular formula is C23H23F4N5O4. The fourth-order valence-corrected chi connectivity index (χ4v) is 6.23. The number of nitrogens with two attached hydrogens (primary N) is 1. The van der Waals surface area contributed by atoms with E-state index in [1.54, 1.807) is 4.90 Å². The quantitative estimate of drug-likeness (QED) is 0.373. The third-order valence-corrected chi connectivity index (χ3v) is 7.90. The van der Waals surface area contributed by atoms with Gasteiger partial charge in [-0.15, -0.1) is 0 Å². The first kappa shape index (κ1) is 24.4. The SMILES string of the molecule is N#C[C@@H]1C[C@@H]2C[C@@]2(OC(=O)C(F)(F)F)N1C(=O)[C@@H](N)C1CC2CCC(C1)N2C(=O)c1ccnc(F)c1. The first-order valence-electron chi connectivity index (χ1n) is 11.7. The number of ether oxygens (including phenoxy) is 1. The van der Waals surface area contributed by atoms with Crippen LogP contribution in [0.3, 0.4) is 0 Å². The summed E-state index contributed by atoms with van der Waals surface area (Å²) in [5.74, 6) is -5.22. The minimum Gasteiger partial charge on any atom is -0.432 e. The molecule has 3 aliphatic heterocycles. The van der Waals surface area contributed by atoms with Crippen LogP contribution in [0.25, 0.3) is 0 Å². The number of nitrogens with zero attached hydrogens (tertiary/aromatic N) is 4. The van der Waals surface area contributed by atoms with Gasteiger partial charge in [0.1, 0.15) is 6.04 Å². The fourth-order valence-electron chi connectivity index (χ4n) is 6.23. The number of hydrogen-bond acceptors (Lipinski definition) is 7. The molecule has 2 bridgehead atoms. The van der Waals surface area contributed by atoms with Crippen LogP contribution in [0, 0.1) is 29.1 Å². The second kappa shape index (κ2) is 8.40. The largest absolute Gasteiger partial charge is 0.491 e. The number of halogens is 4. The summed E-state index contributed by atoms with van der Waals surface area (Å²) >= 11 is 0. The molecule has 36 heavy (non-hydrogen) atoms. The van der Waals surface area contributed by atoms with Crippen molar-refractivity contribution in [3.8, 4) is 6.07 Å². The average Bonchev–Trinajstić information content (AvgIpc) is 3.32. The van der Waals surface area contributed by atoms with Gasteiger partial charge in [0.05, 0.1) is 12.1 Å². The normalized spacial score (nSPS) is 33.5. The molecule has 2 unspecified atom stereocenters. The number of carbonyl (C=O) groups is 3. The van der Waals surface area contributed by atoms with Gasteiger partial charge in [-0.3, -0.25) is 14.5 Å². The third kappa shape index (κ3) is 3.87. The molecular weight excluding hydrogens is 486 g/mol. The summed E-state index contributed by atoms with van der Waals surface area (Å²) in [6.07, 6.45) is -1.84. The van der Waals surface area contributed by atoms with Crippen LogP contribution in [0.1, 0.15) is 48.9 Å². The Kier molecular flexibility index (Phi) is 5.70. The number of esters is 1.